The van der Waals surface area contributed by atoms with Gasteiger partial charge in [0.05, 0.1) is 10.7 Å². The van der Waals surface area contributed by atoms with Crippen LogP contribution in [-0.2, 0) is 13.1 Å². The monoisotopic (exact) mass is 261 g/mol. The molecule has 2 heterocycles. The Morgan fingerprint density at radius 1 is 1.22 bits per heavy atom. The molecular formula is C13H12ClN3O. The number of hydrogen-bond donors (Lipinski definition) is 2. The molecule has 0 atom stereocenters. The molecule has 0 amide bonds. The van der Waals surface area contributed by atoms with Crippen molar-refractivity contribution in [1.29, 1.82) is 0 Å². The molecule has 2 aromatic heterocycles. The molecule has 3 aromatic rings. The minimum Gasteiger partial charge on any atom is -0.364 e. The maximum absolute atomic E-state index is 6.31. The number of halogens is 1. The highest BCUT2D eigenvalue weighted by molar-refractivity contribution is 6.36. The van der Waals surface area contributed by atoms with Crippen LogP contribution in [0.4, 0.5) is 0 Å². The van der Waals surface area contributed by atoms with Gasteiger partial charge in [-0.1, -0.05) is 35.0 Å². The summed E-state index contributed by atoms with van der Waals surface area (Å²) in [5.74, 6) is 0. The molecule has 0 spiro atoms. The standard InChI is InChI=1S/C13H12ClN3O/c14-13-10-3-1-2-4-11(10)16-12(13)8-15-7-9-5-6-18-17-9/h1-6,15-16H,7-8H2. The van der Waals surface area contributed by atoms with Crippen LogP contribution in [0.15, 0.2) is 41.1 Å². The van der Waals surface area contributed by atoms with Crippen molar-refractivity contribution in [3.8, 4) is 0 Å². The quantitative estimate of drug-likeness (QED) is 0.759. The number of fused-ring (bicyclic) bond motifs is 1. The van der Waals surface area contributed by atoms with Crippen LogP contribution in [0.2, 0.25) is 5.02 Å². The fraction of sp³-hybridized carbons (Fsp3) is 0.154. The first kappa shape index (κ1) is 11.3. The lowest BCUT2D eigenvalue weighted by Crippen LogP contribution is -2.13. The first-order valence-electron chi connectivity index (χ1n) is 5.69. The van der Waals surface area contributed by atoms with Crippen molar-refractivity contribution >= 4 is 22.5 Å². The normalized spacial score (nSPS) is 11.2. The van der Waals surface area contributed by atoms with E-state index in [4.69, 9.17) is 16.1 Å². The molecule has 0 saturated carbocycles. The Labute approximate surface area is 109 Å². The van der Waals surface area contributed by atoms with E-state index < -0.39 is 0 Å². The zero-order chi connectivity index (χ0) is 12.4. The number of aromatic nitrogens is 2. The molecule has 2 N–H and O–H groups in total. The van der Waals surface area contributed by atoms with Crippen molar-refractivity contribution in [1.82, 2.24) is 15.5 Å². The van der Waals surface area contributed by atoms with Crippen LogP contribution < -0.4 is 5.32 Å². The van der Waals surface area contributed by atoms with Gasteiger partial charge in [-0.3, -0.25) is 0 Å². The molecular weight excluding hydrogens is 250 g/mol. The lowest BCUT2D eigenvalue weighted by atomic mass is 10.2. The fourth-order valence-electron chi connectivity index (χ4n) is 1.93. The number of nitrogens with zero attached hydrogens (tertiary/aromatic N) is 1. The second-order valence-corrected chi connectivity index (χ2v) is 4.44. The number of rotatable bonds is 4. The maximum Gasteiger partial charge on any atom is 0.124 e. The number of benzene rings is 1. The SMILES string of the molecule is Clc1c(CNCc2ccon2)[nH]c2ccccc12. The van der Waals surface area contributed by atoms with Gasteiger partial charge in [-0.05, 0) is 6.07 Å². The topological polar surface area (TPSA) is 53.9 Å². The lowest BCUT2D eigenvalue weighted by Gasteiger charge is -2.00. The molecule has 18 heavy (non-hydrogen) atoms. The Bertz CT molecular complexity index is 645. The van der Waals surface area contributed by atoms with Crippen LogP contribution in [0.5, 0.6) is 0 Å². The van der Waals surface area contributed by atoms with E-state index in [1.807, 2.05) is 30.3 Å². The molecule has 0 saturated heterocycles. The maximum atomic E-state index is 6.31. The summed E-state index contributed by atoms with van der Waals surface area (Å²) in [6.45, 7) is 1.32. The number of para-hydroxylation sites is 1. The van der Waals surface area contributed by atoms with Crippen molar-refractivity contribution in [3.05, 3.63) is 53.0 Å². The fourth-order valence-corrected chi connectivity index (χ4v) is 2.21. The van der Waals surface area contributed by atoms with Crippen molar-refractivity contribution in [2.45, 2.75) is 13.1 Å². The van der Waals surface area contributed by atoms with Crippen molar-refractivity contribution < 1.29 is 4.52 Å². The lowest BCUT2D eigenvalue weighted by molar-refractivity contribution is 0.408. The van der Waals surface area contributed by atoms with Gasteiger partial charge >= 0.3 is 0 Å². The first-order valence-corrected chi connectivity index (χ1v) is 6.07. The van der Waals surface area contributed by atoms with E-state index in [0.29, 0.717) is 13.1 Å². The second kappa shape index (κ2) is 4.84. The summed E-state index contributed by atoms with van der Waals surface area (Å²) in [5.41, 5.74) is 2.92. The second-order valence-electron chi connectivity index (χ2n) is 4.06. The van der Waals surface area contributed by atoms with E-state index in [0.717, 1.165) is 27.3 Å². The van der Waals surface area contributed by atoms with E-state index in [-0.39, 0.29) is 0 Å². The van der Waals surface area contributed by atoms with Gasteiger partial charge in [-0.15, -0.1) is 0 Å². The van der Waals surface area contributed by atoms with E-state index in [1.165, 1.54) is 0 Å². The zero-order valence-electron chi connectivity index (χ0n) is 9.61. The molecule has 0 bridgehead atoms. The molecule has 0 aliphatic carbocycles. The van der Waals surface area contributed by atoms with Gasteiger partial charge < -0.3 is 14.8 Å². The molecule has 0 unspecified atom stereocenters. The first-order chi connectivity index (χ1) is 8.84. The summed E-state index contributed by atoms with van der Waals surface area (Å²) in [6.07, 6.45) is 1.56. The Balaban J connectivity index is 1.73. The average Bonchev–Trinajstić information content (AvgIpc) is 3.00. The summed E-state index contributed by atoms with van der Waals surface area (Å²) in [7, 11) is 0. The van der Waals surface area contributed by atoms with Crippen LogP contribution >= 0.6 is 11.6 Å². The molecule has 4 nitrogen and oxygen atoms in total. The predicted octanol–water partition coefficient (Wildman–Crippen LogP) is 3.10. The molecule has 0 aliphatic heterocycles. The minimum absolute atomic E-state index is 0.655. The molecule has 5 heteroatoms. The highest BCUT2D eigenvalue weighted by atomic mass is 35.5. The number of hydrogen-bond acceptors (Lipinski definition) is 3. The third-order valence-electron chi connectivity index (χ3n) is 2.81. The molecule has 1 aromatic carbocycles. The summed E-state index contributed by atoms with van der Waals surface area (Å²) < 4.78 is 4.77. The molecule has 0 aliphatic rings. The van der Waals surface area contributed by atoms with Crippen molar-refractivity contribution in [2.24, 2.45) is 0 Å². The molecule has 3 rings (SSSR count). The van der Waals surface area contributed by atoms with E-state index in [9.17, 15) is 0 Å². The van der Waals surface area contributed by atoms with Crippen molar-refractivity contribution in [2.75, 3.05) is 0 Å². The van der Waals surface area contributed by atoms with Crippen LogP contribution in [0.1, 0.15) is 11.4 Å². The number of aromatic amines is 1. The molecule has 0 radical (unpaired) electrons. The Morgan fingerprint density at radius 3 is 2.89 bits per heavy atom. The van der Waals surface area contributed by atoms with Gasteiger partial charge in [0, 0.05) is 35.8 Å². The van der Waals surface area contributed by atoms with Gasteiger partial charge in [-0.2, -0.15) is 0 Å². The molecule has 92 valence electrons. The average molecular weight is 262 g/mol. The summed E-state index contributed by atoms with van der Waals surface area (Å²) in [6, 6.07) is 9.83. The van der Waals surface area contributed by atoms with E-state index in [2.05, 4.69) is 15.5 Å². The minimum atomic E-state index is 0.655. The summed E-state index contributed by atoms with van der Waals surface area (Å²) in [4.78, 5) is 3.31. The highest BCUT2D eigenvalue weighted by Crippen LogP contribution is 2.26. The number of nitrogens with one attached hydrogen (secondary N) is 2. The van der Waals surface area contributed by atoms with E-state index >= 15 is 0 Å². The third kappa shape index (κ3) is 2.12. The van der Waals surface area contributed by atoms with Crippen LogP contribution in [-0.4, -0.2) is 10.1 Å². The van der Waals surface area contributed by atoms with Crippen molar-refractivity contribution in [3.63, 3.8) is 0 Å². The van der Waals surface area contributed by atoms with Crippen LogP contribution in [0.25, 0.3) is 10.9 Å². The zero-order valence-corrected chi connectivity index (χ0v) is 10.4. The largest absolute Gasteiger partial charge is 0.364 e. The van der Waals surface area contributed by atoms with Gasteiger partial charge in [0.25, 0.3) is 0 Å². The third-order valence-corrected chi connectivity index (χ3v) is 3.24. The van der Waals surface area contributed by atoms with Crippen LogP contribution in [0, 0.1) is 0 Å². The predicted molar refractivity (Wildman–Crippen MR) is 70.4 cm³/mol. The van der Waals surface area contributed by atoms with Gasteiger partial charge in [-0.25, -0.2) is 0 Å². The smallest absolute Gasteiger partial charge is 0.124 e. The Morgan fingerprint density at radius 2 is 2.11 bits per heavy atom. The van der Waals surface area contributed by atoms with Gasteiger partial charge in [0.1, 0.15) is 6.26 Å². The number of H-pyrrole nitrogens is 1. The Hall–Kier alpha value is -1.78. The van der Waals surface area contributed by atoms with Gasteiger partial charge in [0.2, 0.25) is 0 Å². The summed E-state index contributed by atoms with van der Waals surface area (Å²) in [5, 5.41) is 8.93. The van der Waals surface area contributed by atoms with E-state index in [1.54, 1.807) is 6.26 Å². The molecule has 0 fully saturated rings. The van der Waals surface area contributed by atoms with Crippen LogP contribution in [0.3, 0.4) is 0 Å². The Kier molecular flexibility index (Phi) is 3.04. The highest BCUT2D eigenvalue weighted by Gasteiger charge is 2.08. The van der Waals surface area contributed by atoms with Gasteiger partial charge in [0.15, 0.2) is 0 Å². The summed E-state index contributed by atoms with van der Waals surface area (Å²) >= 11 is 6.31.